The maximum absolute atomic E-state index is 2.56. The molecule has 0 aromatic heterocycles. The minimum absolute atomic E-state index is 0.0245. The van der Waals surface area contributed by atoms with E-state index in [0.29, 0.717) is 5.92 Å². The third kappa shape index (κ3) is 7.80. The molecule has 0 heteroatoms. The summed E-state index contributed by atoms with van der Waals surface area (Å²) in [6.07, 6.45) is 14.9. The van der Waals surface area contributed by atoms with Crippen LogP contribution in [0.4, 0.5) is 0 Å². The van der Waals surface area contributed by atoms with Crippen molar-refractivity contribution in [3.63, 3.8) is 0 Å². The average molecular weight is 741 g/mol. The van der Waals surface area contributed by atoms with Crippen molar-refractivity contribution >= 4 is 0 Å². The van der Waals surface area contributed by atoms with Crippen molar-refractivity contribution in [2.45, 2.75) is 95.8 Å². The van der Waals surface area contributed by atoms with Crippen molar-refractivity contribution in [3.05, 3.63) is 180 Å². The van der Waals surface area contributed by atoms with Crippen LogP contribution >= 0.6 is 0 Å². The Morgan fingerprint density at radius 1 is 0.333 bits per heavy atom. The van der Waals surface area contributed by atoms with Crippen LogP contribution in [-0.2, 0) is 5.41 Å². The first-order valence-electron chi connectivity index (χ1n) is 21.8. The Morgan fingerprint density at radius 2 is 0.737 bits per heavy atom. The lowest BCUT2D eigenvalue weighted by Crippen LogP contribution is -2.14. The van der Waals surface area contributed by atoms with Crippen LogP contribution < -0.4 is 0 Å². The average Bonchev–Trinajstić information content (AvgIpc) is 3.50. The molecular formula is C57H56. The van der Waals surface area contributed by atoms with Crippen molar-refractivity contribution in [2.75, 3.05) is 0 Å². The Kier molecular flexibility index (Phi) is 10.8. The minimum Gasteiger partial charge on any atom is -0.0622 e. The van der Waals surface area contributed by atoms with E-state index in [1.54, 1.807) is 0 Å². The molecule has 0 saturated heterocycles. The van der Waals surface area contributed by atoms with Crippen LogP contribution in [0.1, 0.15) is 107 Å². The Morgan fingerprint density at radius 3 is 1.35 bits per heavy atom. The Labute approximate surface area is 341 Å². The van der Waals surface area contributed by atoms with Crippen LogP contribution in [-0.4, -0.2) is 0 Å². The van der Waals surface area contributed by atoms with Gasteiger partial charge in [0.25, 0.3) is 0 Å². The van der Waals surface area contributed by atoms with E-state index < -0.39 is 0 Å². The number of rotatable bonds is 6. The SMILES string of the molecule is CC1(C)c2ccccc2-c2c(-c3cccc(-c4cc(-c5cc(-c6ccccc6)cc(-c6ccccc6)c5)cc(C5CCCCCCCCCCC5)c4)c3)cccc21. The highest BCUT2D eigenvalue weighted by Gasteiger charge is 2.36. The first-order valence-corrected chi connectivity index (χ1v) is 21.8. The van der Waals surface area contributed by atoms with E-state index in [1.165, 1.54) is 154 Å². The van der Waals surface area contributed by atoms with E-state index in [2.05, 4.69) is 178 Å². The molecule has 9 rings (SSSR count). The quantitative estimate of drug-likeness (QED) is 0.159. The van der Waals surface area contributed by atoms with Gasteiger partial charge in [-0.25, -0.2) is 0 Å². The monoisotopic (exact) mass is 740 g/mol. The fourth-order valence-corrected chi connectivity index (χ4v) is 9.97. The summed E-state index contributed by atoms with van der Waals surface area (Å²) >= 11 is 0. The molecule has 7 aromatic carbocycles. The van der Waals surface area contributed by atoms with Crippen LogP contribution in [0.15, 0.2) is 164 Å². The molecule has 0 atom stereocenters. The highest BCUT2D eigenvalue weighted by Crippen LogP contribution is 2.52. The van der Waals surface area contributed by atoms with Crippen molar-refractivity contribution < 1.29 is 0 Å². The molecule has 0 bridgehead atoms. The highest BCUT2D eigenvalue weighted by molar-refractivity contribution is 5.93. The standard InChI is InChI=1S/C57H56/c1-57(2)54-32-19-18-30-53(54)56-52(31-21-33-55(56)57)45-29-20-28-44(34-45)49-36-48(41-22-12-8-6-4-3-5-7-9-13-23-41)39-51(40-49)50-37-46(42-24-14-10-15-25-42)35-47(38-50)43-26-16-11-17-27-43/h10-11,14-21,24-41H,3-9,12-13,22-23H2,1-2H3. The first-order chi connectivity index (χ1) is 28.0. The maximum atomic E-state index is 2.56. The van der Waals surface area contributed by atoms with Gasteiger partial charge in [-0.3, -0.25) is 0 Å². The van der Waals surface area contributed by atoms with Crippen molar-refractivity contribution in [2.24, 2.45) is 0 Å². The molecular weight excluding hydrogens is 685 g/mol. The lowest BCUT2D eigenvalue weighted by molar-refractivity contribution is 0.467. The van der Waals surface area contributed by atoms with Gasteiger partial charge in [0.2, 0.25) is 0 Å². The number of hydrogen-bond donors (Lipinski definition) is 0. The topological polar surface area (TPSA) is 0 Å². The molecule has 57 heavy (non-hydrogen) atoms. The van der Waals surface area contributed by atoms with Gasteiger partial charge in [-0.1, -0.05) is 205 Å². The zero-order valence-corrected chi connectivity index (χ0v) is 33.9. The summed E-state index contributed by atoms with van der Waals surface area (Å²) in [4.78, 5) is 0. The lowest BCUT2D eigenvalue weighted by atomic mass is 9.82. The van der Waals surface area contributed by atoms with E-state index in [1.807, 2.05) is 0 Å². The molecule has 2 aliphatic carbocycles. The predicted molar refractivity (Wildman–Crippen MR) is 245 cm³/mol. The molecule has 0 spiro atoms. The van der Waals surface area contributed by atoms with Gasteiger partial charge >= 0.3 is 0 Å². The molecule has 0 N–H and O–H groups in total. The number of fused-ring (bicyclic) bond motifs is 3. The van der Waals surface area contributed by atoms with E-state index in [4.69, 9.17) is 0 Å². The Hall–Kier alpha value is -5.46. The third-order valence-corrected chi connectivity index (χ3v) is 13.1. The van der Waals surface area contributed by atoms with Crippen LogP contribution in [0.5, 0.6) is 0 Å². The molecule has 0 unspecified atom stereocenters. The summed E-state index contributed by atoms with van der Waals surface area (Å²) in [7, 11) is 0. The van der Waals surface area contributed by atoms with Gasteiger partial charge in [0.15, 0.2) is 0 Å². The zero-order valence-electron chi connectivity index (χ0n) is 33.9. The maximum Gasteiger partial charge on any atom is 0.0159 e. The molecule has 0 nitrogen and oxygen atoms in total. The van der Waals surface area contributed by atoms with Crippen molar-refractivity contribution in [1.29, 1.82) is 0 Å². The van der Waals surface area contributed by atoms with Crippen molar-refractivity contribution in [3.8, 4) is 66.8 Å². The van der Waals surface area contributed by atoms with Crippen LogP contribution in [0.3, 0.4) is 0 Å². The van der Waals surface area contributed by atoms with Gasteiger partial charge < -0.3 is 0 Å². The molecule has 0 radical (unpaired) electrons. The van der Waals surface area contributed by atoms with Crippen LogP contribution in [0.25, 0.3) is 66.8 Å². The van der Waals surface area contributed by atoms with E-state index >= 15 is 0 Å². The smallest absolute Gasteiger partial charge is 0.0159 e. The largest absolute Gasteiger partial charge is 0.0622 e. The fraction of sp³-hybridized carbons (Fsp3) is 0.263. The van der Waals surface area contributed by atoms with Gasteiger partial charge in [-0.15, -0.1) is 0 Å². The molecule has 284 valence electrons. The summed E-state index contributed by atoms with van der Waals surface area (Å²) in [6, 6.07) is 62.0. The molecule has 0 aliphatic heterocycles. The third-order valence-electron chi connectivity index (χ3n) is 13.1. The Bertz CT molecular complexity index is 2400. The molecule has 1 fully saturated rings. The minimum atomic E-state index is -0.0245. The van der Waals surface area contributed by atoms with Crippen molar-refractivity contribution in [1.82, 2.24) is 0 Å². The summed E-state index contributed by atoms with van der Waals surface area (Å²) < 4.78 is 0. The van der Waals surface area contributed by atoms with Crippen LogP contribution in [0.2, 0.25) is 0 Å². The molecule has 1 saturated carbocycles. The lowest BCUT2D eigenvalue weighted by Gasteiger charge is -2.22. The predicted octanol–water partition coefficient (Wildman–Crippen LogP) is 16.7. The fourth-order valence-electron chi connectivity index (χ4n) is 9.97. The second-order valence-corrected chi connectivity index (χ2v) is 17.3. The Balaban J connectivity index is 1.19. The first kappa shape index (κ1) is 37.1. The number of hydrogen-bond acceptors (Lipinski definition) is 0. The van der Waals surface area contributed by atoms with E-state index in [-0.39, 0.29) is 5.41 Å². The molecule has 0 heterocycles. The van der Waals surface area contributed by atoms with Crippen LogP contribution in [0, 0.1) is 0 Å². The normalized spacial score (nSPS) is 15.9. The summed E-state index contributed by atoms with van der Waals surface area (Å²) in [6.45, 7) is 4.76. The van der Waals surface area contributed by atoms with Gasteiger partial charge in [0.05, 0.1) is 0 Å². The summed E-state index contributed by atoms with van der Waals surface area (Å²) in [5.74, 6) is 0.563. The molecule has 2 aliphatic rings. The number of benzene rings is 7. The summed E-state index contributed by atoms with van der Waals surface area (Å²) in [5.41, 5.74) is 19.9. The molecule has 0 amide bonds. The van der Waals surface area contributed by atoms with Gasteiger partial charge in [0, 0.05) is 5.41 Å². The second kappa shape index (κ2) is 16.6. The highest BCUT2D eigenvalue weighted by atomic mass is 14.4. The van der Waals surface area contributed by atoms with E-state index in [9.17, 15) is 0 Å². The second-order valence-electron chi connectivity index (χ2n) is 17.3. The zero-order chi connectivity index (χ0) is 38.6. The van der Waals surface area contributed by atoms with Gasteiger partial charge in [-0.2, -0.15) is 0 Å². The molecule has 7 aromatic rings. The van der Waals surface area contributed by atoms with Gasteiger partial charge in [-0.05, 0) is 133 Å². The summed E-state index contributed by atoms with van der Waals surface area (Å²) in [5, 5.41) is 0. The van der Waals surface area contributed by atoms with E-state index in [0.717, 1.165) is 0 Å². The van der Waals surface area contributed by atoms with Gasteiger partial charge in [0.1, 0.15) is 0 Å².